The first-order chi connectivity index (χ1) is 11.2. The van der Waals surface area contributed by atoms with E-state index in [1.54, 1.807) is 12.1 Å². The number of benzene rings is 1. The van der Waals surface area contributed by atoms with Crippen LogP contribution in [-0.4, -0.2) is 19.0 Å². The highest BCUT2D eigenvalue weighted by atomic mass is 32.2. The number of aromatic nitrogens is 1. The van der Waals surface area contributed by atoms with Crippen molar-refractivity contribution in [3.8, 4) is 0 Å². The number of carbonyl (C=O) groups is 1. The van der Waals surface area contributed by atoms with Crippen molar-refractivity contribution in [2.24, 2.45) is 12.9 Å². The van der Waals surface area contributed by atoms with Crippen LogP contribution in [0.25, 0.3) is 0 Å². The third kappa shape index (κ3) is 6.60. The number of rotatable bonds is 3. The molecule has 0 spiro atoms. The molecule has 130 valence electrons. The third-order valence-corrected chi connectivity index (χ3v) is 3.65. The van der Waals surface area contributed by atoms with Crippen LogP contribution in [0.1, 0.15) is 5.56 Å². The standard InChI is InChI=1S/C7H11N5O.C7H8O3S/c1-12-5-3-2-4-6(12)10-11-7(13)9-8;1-6-2-4-7(5-3-6)11(8,9)10/h2-5H,8H2,1H3,(H2,9,11,13);2-5H,1H3,(H,8,9,10). The second-order valence-electron chi connectivity index (χ2n) is 4.69. The van der Waals surface area contributed by atoms with Gasteiger partial charge in [-0.2, -0.15) is 10.9 Å². The van der Waals surface area contributed by atoms with Gasteiger partial charge < -0.3 is 4.55 Å². The quantitative estimate of drug-likeness (QED) is 0.200. The summed E-state index contributed by atoms with van der Waals surface area (Å²) in [7, 11) is -2.42. The first kappa shape index (κ1) is 19.4. The summed E-state index contributed by atoms with van der Waals surface area (Å²) in [6, 6.07) is 10.8. The predicted molar refractivity (Wildman–Crippen MR) is 86.2 cm³/mol. The Hall–Kier alpha value is -2.69. The maximum atomic E-state index is 10.7. The molecule has 2 aromatic rings. The monoisotopic (exact) mass is 353 g/mol. The minimum atomic E-state index is -4.27. The maximum absolute atomic E-state index is 10.7. The molecule has 0 aliphatic rings. The Bertz CT molecular complexity index is 778. The molecule has 1 heterocycles. The van der Waals surface area contributed by atoms with Gasteiger partial charge in [0.15, 0.2) is 0 Å². The van der Waals surface area contributed by atoms with Crippen molar-refractivity contribution in [2.75, 3.05) is 5.43 Å². The molecule has 0 aliphatic heterocycles. The molecule has 0 aliphatic carbocycles. The molecule has 0 saturated carbocycles. The summed E-state index contributed by atoms with van der Waals surface area (Å²) < 4.78 is 33.0. The van der Waals surface area contributed by atoms with E-state index < -0.39 is 16.1 Å². The Labute approximate surface area is 140 Å². The van der Waals surface area contributed by atoms with Crippen LogP contribution in [0, 0.1) is 6.92 Å². The lowest BCUT2D eigenvalue weighted by Crippen LogP contribution is -2.45. The Morgan fingerprint density at radius 2 is 1.79 bits per heavy atom. The number of aryl methyl sites for hydroxylation is 2. The van der Waals surface area contributed by atoms with Crippen molar-refractivity contribution in [3.63, 3.8) is 0 Å². The van der Waals surface area contributed by atoms with Gasteiger partial charge in [0, 0.05) is 6.07 Å². The van der Waals surface area contributed by atoms with Gasteiger partial charge in [-0.1, -0.05) is 23.8 Å². The Balaban J connectivity index is 0.000000243. The van der Waals surface area contributed by atoms with Crippen molar-refractivity contribution >= 4 is 22.0 Å². The average molecular weight is 353 g/mol. The summed E-state index contributed by atoms with van der Waals surface area (Å²) in [6.07, 6.45) is 1.85. The molecular formula is C14H19N5O4S. The highest BCUT2D eigenvalue weighted by Crippen LogP contribution is 2.08. The normalized spacial score (nSPS) is 10.2. The predicted octanol–water partition coefficient (Wildman–Crippen LogP) is -0.0900. The van der Waals surface area contributed by atoms with E-state index in [4.69, 9.17) is 5.84 Å². The third-order valence-electron chi connectivity index (χ3n) is 2.80. The van der Waals surface area contributed by atoms with Gasteiger partial charge in [0.2, 0.25) is 0 Å². The minimum Gasteiger partial charge on any atom is -0.744 e. The molecule has 0 unspecified atom stereocenters. The van der Waals surface area contributed by atoms with E-state index in [2.05, 4.69) is 10.9 Å². The summed E-state index contributed by atoms with van der Waals surface area (Å²) in [5, 5.41) is 0. The molecular weight excluding hydrogens is 334 g/mol. The summed E-state index contributed by atoms with van der Waals surface area (Å²) in [5.41, 5.74) is 7.89. The van der Waals surface area contributed by atoms with Gasteiger partial charge in [-0.05, 0) is 25.1 Å². The van der Waals surface area contributed by atoms with Crippen LogP contribution in [0.2, 0.25) is 0 Å². The largest absolute Gasteiger partial charge is 0.744 e. The van der Waals surface area contributed by atoms with Gasteiger partial charge in [-0.3, -0.25) is 5.43 Å². The fraction of sp³-hybridized carbons (Fsp3) is 0.143. The molecule has 0 bridgehead atoms. The number of hydrazine groups is 2. The lowest BCUT2D eigenvalue weighted by Gasteiger charge is -2.05. The van der Waals surface area contributed by atoms with Crippen molar-refractivity contribution in [1.82, 2.24) is 10.9 Å². The molecule has 1 aromatic heterocycles. The van der Waals surface area contributed by atoms with Crippen LogP contribution in [0.3, 0.4) is 0 Å². The number of anilines is 1. The number of nitrogens with zero attached hydrogens (tertiary/aromatic N) is 1. The molecule has 9 nitrogen and oxygen atoms in total. The van der Waals surface area contributed by atoms with Gasteiger partial charge in [0.05, 0.1) is 18.1 Å². The number of carbonyl (C=O) groups excluding carboxylic acids is 1. The van der Waals surface area contributed by atoms with Crippen LogP contribution in [-0.2, 0) is 17.2 Å². The van der Waals surface area contributed by atoms with Gasteiger partial charge in [0.25, 0.3) is 5.82 Å². The first-order valence-electron chi connectivity index (χ1n) is 6.74. The number of pyridine rings is 1. The smallest absolute Gasteiger partial charge is 0.364 e. The molecule has 10 heteroatoms. The summed E-state index contributed by atoms with van der Waals surface area (Å²) >= 11 is 0. The highest BCUT2D eigenvalue weighted by Gasteiger charge is 2.04. The van der Waals surface area contributed by atoms with Crippen LogP contribution >= 0.6 is 0 Å². The maximum Gasteiger partial charge on any atom is 0.364 e. The lowest BCUT2D eigenvalue weighted by molar-refractivity contribution is -0.657. The number of amides is 2. The molecule has 0 saturated heterocycles. The second-order valence-corrected chi connectivity index (χ2v) is 6.07. The van der Waals surface area contributed by atoms with Crippen LogP contribution in [0.15, 0.2) is 53.6 Å². The average Bonchev–Trinajstić information content (AvgIpc) is 2.54. The van der Waals surface area contributed by atoms with E-state index in [0.717, 1.165) is 11.4 Å². The number of nitrogens with one attached hydrogen (secondary N) is 3. The zero-order valence-electron chi connectivity index (χ0n) is 13.2. The van der Waals surface area contributed by atoms with Crippen LogP contribution < -0.4 is 26.7 Å². The summed E-state index contributed by atoms with van der Waals surface area (Å²) in [5.74, 6) is 5.62. The van der Waals surface area contributed by atoms with Gasteiger partial charge in [-0.25, -0.2) is 23.6 Å². The zero-order valence-corrected chi connectivity index (χ0v) is 14.0. The molecule has 5 N–H and O–H groups in total. The molecule has 2 rings (SSSR count). The Morgan fingerprint density at radius 1 is 1.17 bits per heavy atom. The SMILES string of the molecule is C[n+]1ccccc1NNC(=O)NN.Cc1ccc(S(=O)(=O)[O-])cc1. The van der Waals surface area contributed by atoms with E-state index in [1.165, 1.54) is 12.1 Å². The van der Waals surface area contributed by atoms with Crippen molar-refractivity contribution in [1.29, 1.82) is 0 Å². The highest BCUT2D eigenvalue weighted by molar-refractivity contribution is 7.85. The lowest BCUT2D eigenvalue weighted by atomic mass is 10.2. The van der Waals surface area contributed by atoms with E-state index in [9.17, 15) is 17.8 Å². The summed E-state index contributed by atoms with van der Waals surface area (Å²) in [4.78, 5) is 10.5. The zero-order chi connectivity index (χ0) is 18.2. The van der Waals surface area contributed by atoms with Gasteiger partial charge >= 0.3 is 6.03 Å². The summed E-state index contributed by atoms with van der Waals surface area (Å²) in [6.45, 7) is 1.82. The second kappa shape index (κ2) is 8.82. The molecule has 1 aromatic carbocycles. The number of hydrogen-bond acceptors (Lipinski definition) is 6. The number of nitrogens with two attached hydrogens (primary N) is 1. The van der Waals surface area contributed by atoms with Crippen LogP contribution in [0.5, 0.6) is 0 Å². The first-order valence-corrected chi connectivity index (χ1v) is 8.14. The van der Waals surface area contributed by atoms with Crippen molar-refractivity contribution in [3.05, 3.63) is 54.2 Å². The van der Waals surface area contributed by atoms with Crippen molar-refractivity contribution in [2.45, 2.75) is 11.8 Å². The molecule has 2 amide bonds. The number of urea groups is 1. The van der Waals surface area contributed by atoms with Gasteiger partial charge in [-0.15, -0.1) is 0 Å². The number of hydrogen-bond donors (Lipinski definition) is 4. The van der Waals surface area contributed by atoms with E-state index in [-0.39, 0.29) is 4.90 Å². The van der Waals surface area contributed by atoms with Crippen LogP contribution in [0.4, 0.5) is 10.6 Å². The molecule has 24 heavy (non-hydrogen) atoms. The van der Waals surface area contributed by atoms with E-state index >= 15 is 0 Å². The molecule has 0 atom stereocenters. The Kier molecular flexibility index (Phi) is 7.11. The fourth-order valence-corrected chi connectivity index (χ4v) is 1.98. The molecule has 0 fully saturated rings. The Morgan fingerprint density at radius 3 is 2.29 bits per heavy atom. The van der Waals surface area contributed by atoms with E-state index in [1.807, 2.05) is 48.4 Å². The topological polar surface area (TPSA) is 140 Å². The fourth-order valence-electron chi connectivity index (χ4n) is 1.52. The van der Waals surface area contributed by atoms with E-state index in [0.29, 0.717) is 0 Å². The molecule has 0 radical (unpaired) electrons. The minimum absolute atomic E-state index is 0.178. The van der Waals surface area contributed by atoms with Crippen molar-refractivity contribution < 1.29 is 22.3 Å². The van der Waals surface area contributed by atoms with Gasteiger partial charge in [0.1, 0.15) is 10.1 Å².